The van der Waals surface area contributed by atoms with E-state index in [0.29, 0.717) is 12.2 Å². The molecule has 1 fully saturated rings. The van der Waals surface area contributed by atoms with Crippen LogP contribution in [0, 0.1) is 11.8 Å². The van der Waals surface area contributed by atoms with Crippen molar-refractivity contribution in [1.82, 2.24) is 5.32 Å². The van der Waals surface area contributed by atoms with Crippen LogP contribution in [0.1, 0.15) is 47.0 Å². The molecule has 0 saturated carbocycles. The molecule has 15 heavy (non-hydrogen) atoms. The standard InChI is InChI=1S/C13H27NO/c1-10(2)8-14-9-11(3)7-13-6-5-12(4)15-13/h10-14H,5-9H2,1-4H3. The Labute approximate surface area is 94.8 Å². The van der Waals surface area contributed by atoms with Crippen LogP contribution in [-0.2, 0) is 4.74 Å². The average molecular weight is 213 g/mol. The smallest absolute Gasteiger partial charge is 0.0582 e. The maximum absolute atomic E-state index is 5.83. The van der Waals surface area contributed by atoms with Gasteiger partial charge in [0.2, 0.25) is 0 Å². The Balaban J connectivity index is 2.05. The van der Waals surface area contributed by atoms with Gasteiger partial charge in [-0.2, -0.15) is 0 Å². The number of nitrogens with one attached hydrogen (secondary N) is 1. The van der Waals surface area contributed by atoms with Gasteiger partial charge in [-0.25, -0.2) is 0 Å². The molecule has 1 saturated heterocycles. The van der Waals surface area contributed by atoms with Gasteiger partial charge in [0.25, 0.3) is 0 Å². The van der Waals surface area contributed by atoms with Crippen LogP contribution in [0.25, 0.3) is 0 Å². The lowest BCUT2D eigenvalue weighted by Gasteiger charge is -2.18. The van der Waals surface area contributed by atoms with Gasteiger partial charge in [0.1, 0.15) is 0 Å². The molecule has 0 aromatic rings. The summed E-state index contributed by atoms with van der Waals surface area (Å²) in [5.74, 6) is 1.49. The molecule has 0 spiro atoms. The van der Waals surface area contributed by atoms with Crippen molar-refractivity contribution in [2.75, 3.05) is 13.1 Å². The van der Waals surface area contributed by atoms with Crippen molar-refractivity contribution in [1.29, 1.82) is 0 Å². The minimum Gasteiger partial charge on any atom is -0.375 e. The summed E-state index contributed by atoms with van der Waals surface area (Å²) in [4.78, 5) is 0. The van der Waals surface area contributed by atoms with Crippen LogP contribution < -0.4 is 5.32 Å². The second-order valence-electron chi connectivity index (χ2n) is 5.54. The second kappa shape index (κ2) is 6.49. The molecule has 1 aliphatic rings. The van der Waals surface area contributed by atoms with Crippen molar-refractivity contribution in [3.05, 3.63) is 0 Å². The third kappa shape index (κ3) is 5.53. The summed E-state index contributed by atoms with van der Waals surface area (Å²) in [5.41, 5.74) is 0. The van der Waals surface area contributed by atoms with E-state index in [1.54, 1.807) is 0 Å². The first-order valence-corrected chi connectivity index (χ1v) is 6.44. The van der Waals surface area contributed by atoms with E-state index in [-0.39, 0.29) is 0 Å². The van der Waals surface area contributed by atoms with Crippen molar-refractivity contribution in [3.63, 3.8) is 0 Å². The highest BCUT2D eigenvalue weighted by molar-refractivity contribution is 4.73. The highest BCUT2D eigenvalue weighted by Crippen LogP contribution is 2.24. The molecule has 1 heterocycles. The highest BCUT2D eigenvalue weighted by Gasteiger charge is 2.23. The summed E-state index contributed by atoms with van der Waals surface area (Å²) in [7, 11) is 0. The van der Waals surface area contributed by atoms with Gasteiger partial charge in [-0.15, -0.1) is 0 Å². The third-order valence-electron chi connectivity index (χ3n) is 3.03. The van der Waals surface area contributed by atoms with E-state index in [2.05, 4.69) is 33.0 Å². The molecule has 1 rings (SSSR count). The fourth-order valence-corrected chi connectivity index (χ4v) is 2.21. The van der Waals surface area contributed by atoms with Crippen LogP contribution >= 0.6 is 0 Å². The average Bonchev–Trinajstić information content (AvgIpc) is 2.50. The van der Waals surface area contributed by atoms with E-state index in [1.807, 2.05) is 0 Å². The molecular weight excluding hydrogens is 186 g/mol. The first-order valence-electron chi connectivity index (χ1n) is 6.44. The van der Waals surface area contributed by atoms with Gasteiger partial charge in [-0.05, 0) is 51.1 Å². The normalized spacial score (nSPS) is 28.6. The van der Waals surface area contributed by atoms with E-state index in [9.17, 15) is 0 Å². The van der Waals surface area contributed by atoms with Gasteiger partial charge < -0.3 is 10.1 Å². The van der Waals surface area contributed by atoms with Gasteiger partial charge in [0, 0.05) is 0 Å². The van der Waals surface area contributed by atoms with Crippen LogP contribution in [0.3, 0.4) is 0 Å². The van der Waals surface area contributed by atoms with Crippen LogP contribution in [0.5, 0.6) is 0 Å². The third-order valence-corrected chi connectivity index (χ3v) is 3.03. The van der Waals surface area contributed by atoms with Crippen molar-refractivity contribution in [2.45, 2.75) is 59.2 Å². The Morgan fingerprint density at radius 1 is 1.20 bits per heavy atom. The summed E-state index contributed by atoms with van der Waals surface area (Å²) >= 11 is 0. The number of hydrogen-bond acceptors (Lipinski definition) is 2. The van der Waals surface area contributed by atoms with Crippen molar-refractivity contribution < 1.29 is 4.74 Å². The topological polar surface area (TPSA) is 21.3 Å². The zero-order valence-corrected chi connectivity index (χ0v) is 10.8. The van der Waals surface area contributed by atoms with Crippen molar-refractivity contribution in [2.24, 2.45) is 11.8 Å². The van der Waals surface area contributed by atoms with Crippen LogP contribution in [0.2, 0.25) is 0 Å². The largest absolute Gasteiger partial charge is 0.375 e. The Bertz CT molecular complexity index is 170. The maximum Gasteiger partial charge on any atom is 0.0582 e. The number of hydrogen-bond donors (Lipinski definition) is 1. The Hall–Kier alpha value is -0.0800. The Kier molecular flexibility index (Phi) is 5.62. The Morgan fingerprint density at radius 2 is 1.93 bits per heavy atom. The van der Waals surface area contributed by atoms with Crippen LogP contribution in [-0.4, -0.2) is 25.3 Å². The molecule has 0 amide bonds. The lowest BCUT2D eigenvalue weighted by atomic mass is 10.0. The maximum atomic E-state index is 5.83. The predicted molar refractivity (Wildman–Crippen MR) is 65.1 cm³/mol. The summed E-state index contributed by atoms with van der Waals surface area (Å²) in [6.07, 6.45) is 4.74. The first kappa shape index (κ1) is 13.0. The van der Waals surface area contributed by atoms with E-state index in [1.165, 1.54) is 19.3 Å². The number of ether oxygens (including phenoxy) is 1. The molecule has 2 nitrogen and oxygen atoms in total. The molecule has 2 heteroatoms. The molecule has 90 valence electrons. The van der Waals surface area contributed by atoms with Gasteiger partial charge in [0.15, 0.2) is 0 Å². The molecule has 0 radical (unpaired) electrons. The molecule has 0 aromatic heterocycles. The molecule has 3 atom stereocenters. The highest BCUT2D eigenvalue weighted by atomic mass is 16.5. The second-order valence-corrected chi connectivity index (χ2v) is 5.54. The van der Waals surface area contributed by atoms with E-state index in [4.69, 9.17) is 4.74 Å². The van der Waals surface area contributed by atoms with E-state index >= 15 is 0 Å². The number of rotatable bonds is 6. The summed E-state index contributed by atoms with van der Waals surface area (Å²) in [5, 5.41) is 3.51. The summed E-state index contributed by atoms with van der Waals surface area (Å²) in [6.45, 7) is 11.3. The quantitative estimate of drug-likeness (QED) is 0.732. The van der Waals surface area contributed by atoms with Gasteiger partial charge in [-0.3, -0.25) is 0 Å². The van der Waals surface area contributed by atoms with Crippen LogP contribution in [0.4, 0.5) is 0 Å². The van der Waals surface area contributed by atoms with Gasteiger partial charge >= 0.3 is 0 Å². The summed E-state index contributed by atoms with van der Waals surface area (Å²) < 4.78 is 5.83. The fourth-order valence-electron chi connectivity index (χ4n) is 2.21. The van der Waals surface area contributed by atoms with Gasteiger partial charge in [-0.1, -0.05) is 20.8 Å². The monoisotopic (exact) mass is 213 g/mol. The SMILES string of the molecule is CC(C)CNCC(C)CC1CCC(C)O1. The van der Waals surface area contributed by atoms with E-state index < -0.39 is 0 Å². The minimum absolute atomic E-state index is 0.492. The molecule has 1 N–H and O–H groups in total. The van der Waals surface area contributed by atoms with Crippen molar-refractivity contribution in [3.8, 4) is 0 Å². The van der Waals surface area contributed by atoms with Gasteiger partial charge in [0.05, 0.1) is 12.2 Å². The molecule has 3 unspecified atom stereocenters. The fraction of sp³-hybridized carbons (Fsp3) is 1.00. The van der Waals surface area contributed by atoms with Crippen LogP contribution in [0.15, 0.2) is 0 Å². The minimum atomic E-state index is 0.492. The predicted octanol–water partition coefficient (Wildman–Crippen LogP) is 2.83. The van der Waals surface area contributed by atoms with E-state index in [0.717, 1.165) is 24.9 Å². The molecule has 0 aliphatic carbocycles. The molecule has 0 bridgehead atoms. The molecular formula is C13H27NO. The lowest BCUT2D eigenvalue weighted by Crippen LogP contribution is -2.27. The zero-order valence-electron chi connectivity index (χ0n) is 10.8. The van der Waals surface area contributed by atoms with Crippen molar-refractivity contribution >= 4 is 0 Å². The summed E-state index contributed by atoms with van der Waals surface area (Å²) in [6, 6.07) is 0. The molecule has 0 aromatic carbocycles. The zero-order chi connectivity index (χ0) is 11.3. The first-order chi connectivity index (χ1) is 7.08. The lowest BCUT2D eigenvalue weighted by molar-refractivity contribution is 0.0423. The Morgan fingerprint density at radius 3 is 2.47 bits per heavy atom. The molecule has 1 aliphatic heterocycles.